The molecule has 3 heterocycles. The van der Waals surface area contributed by atoms with Crippen LogP contribution in [0.3, 0.4) is 0 Å². The molecule has 2 aliphatic rings. The van der Waals surface area contributed by atoms with E-state index < -0.39 is 16.1 Å². The molecule has 0 unspecified atom stereocenters. The number of nitrogens with one attached hydrogen (secondary N) is 1. The van der Waals surface area contributed by atoms with Crippen LogP contribution in [-0.2, 0) is 26.2 Å². The zero-order valence-corrected chi connectivity index (χ0v) is 30.3. The van der Waals surface area contributed by atoms with Crippen LogP contribution in [0.5, 0.6) is 11.5 Å². The number of hydrogen-bond donors (Lipinski definition) is 2. The van der Waals surface area contributed by atoms with Crippen molar-refractivity contribution in [2.24, 2.45) is 10.9 Å². The van der Waals surface area contributed by atoms with Gasteiger partial charge in [0, 0.05) is 47.3 Å². The van der Waals surface area contributed by atoms with E-state index >= 15 is 0 Å². The highest BCUT2D eigenvalue weighted by molar-refractivity contribution is 7.89. The van der Waals surface area contributed by atoms with E-state index in [9.17, 15) is 18.0 Å². The molecular formula is C36H38Cl2N6O6S. The van der Waals surface area contributed by atoms with Gasteiger partial charge in [-0.15, -0.1) is 0 Å². The number of pyridine rings is 1. The van der Waals surface area contributed by atoms with E-state index in [-0.39, 0.29) is 52.6 Å². The Morgan fingerprint density at radius 2 is 1.76 bits per heavy atom. The number of hydrogen-bond acceptors (Lipinski definition) is 9. The lowest BCUT2D eigenvalue weighted by atomic mass is 10.0. The van der Waals surface area contributed by atoms with Crippen LogP contribution in [0.1, 0.15) is 42.5 Å². The van der Waals surface area contributed by atoms with Crippen LogP contribution in [0.25, 0.3) is 10.9 Å². The Kier molecular flexibility index (Phi) is 11.3. The summed E-state index contributed by atoms with van der Waals surface area (Å²) in [7, 11) is -4.19. The summed E-state index contributed by atoms with van der Waals surface area (Å²) in [6.07, 6.45) is 3.46. The fraction of sp³-hybridized carbons (Fsp3) is 0.333. The van der Waals surface area contributed by atoms with Gasteiger partial charge in [-0.1, -0.05) is 41.4 Å². The SMILES string of the molecule is Cc1ccc2cccc(OCc3c(Cl)ccc(S(=O)(=O)N4CCC[C@H]4C(=O)NC4CCN(C(=O)COc5ccc(C=NN)cc5)CC4)c3Cl)c2n1. The quantitative estimate of drug-likeness (QED) is 0.122. The number of nitrogens with zero attached hydrogens (tertiary/aromatic N) is 4. The molecule has 15 heteroatoms. The minimum Gasteiger partial charge on any atom is -0.487 e. The summed E-state index contributed by atoms with van der Waals surface area (Å²) >= 11 is 13.3. The first-order valence-corrected chi connectivity index (χ1v) is 18.8. The van der Waals surface area contributed by atoms with Crippen LogP contribution in [0.2, 0.25) is 10.0 Å². The Morgan fingerprint density at radius 3 is 2.51 bits per heavy atom. The number of para-hydroxylation sites is 1. The van der Waals surface area contributed by atoms with E-state index in [4.69, 9.17) is 38.5 Å². The second-order valence-corrected chi connectivity index (χ2v) is 15.1. The van der Waals surface area contributed by atoms with E-state index in [2.05, 4.69) is 15.4 Å². The van der Waals surface area contributed by atoms with Crippen molar-refractivity contribution in [3.05, 3.63) is 93.6 Å². The number of carbonyl (C=O) groups is 2. The molecular weight excluding hydrogens is 715 g/mol. The molecule has 0 saturated carbocycles. The molecule has 1 atom stereocenters. The second kappa shape index (κ2) is 15.9. The Bertz CT molecular complexity index is 2060. The summed E-state index contributed by atoms with van der Waals surface area (Å²) in [5.74, 6) is 5.70. The van der Waals surface area contributed by atoms with Crippen LogP contribution >= 0.6 is 23.2 Å². The molecule has 3 aromatic carbocycles. The molecule has 0 spiro atoms. The first-order chi connectivity index (χ1) is 24.5. The summed E-state index contributed by atoms with van der Waals surface area (Å²) in [6, 6.07) is 18.2. The largest absolute Gasteiger partial charge is 0.487 e. The van der Waals surface area contributed by atoms with Crippen molar-refractivity contribution in [3.8, 4) is 11.5 Å². The topological polar surface area (TPSA) is 157 Å². The normalized spacial score (nSPS) is 17.2. The van der Waals surface area contributed by atoms with E-state index in [0.717, 1.165) is 16.6 Å². The average molecular weight is 754 g/mol. The third-order valence-electron chi connectivity index (χ3n) is 9.10. The number of amides is 2. The van der Waals surface area contributed by atoms with Gasteiger partial charge in [-0.3, -0.25) is 9.59 Å². The second-order valence-electron chi connectivity index (χ2n) is 12.5. The van der Waals surface area contributed by atoms with Gasteiger partial charge in [0.2, 0.25) is 15.9 Å². The predicted octanol–water partition coefficient (Wildman–Crippen LogP) is 5.06. The van der Waals surface area contributed by atoms with E-state index in [0.29, 0.717) is 61.4 Å². The number of sulfonamides is 1. The molecule has 0 bridgehead atoms. The molecule has 2 saturated heterocycles. The van der Waals surface area contributed by atoms with E-state index in [1.54, 1.807) is 35.2 Å². The van der Waals surface area contributed by atoms with Gasteiger partial charge in [0.25, 0.3) is 5.91 Å². The monoisotopic (exact) mass is 752 g/mol. The lowest BCUT2D eigenvalue weighted by Gasteiger charge is -2.33. The zero-order valence-electron chi connectivity index (χ0n) is 27.9. The molecule has 2 fully saturated rings. The van der Waals surface area contributed by atoms with Crippen LogP contribution in [0.4, 0.5) is 0 Å². The molecule has 6 rings (SSSR count). The molecule has 3 N–H and O–H groups in total. The highest BCUT2D eigenvalue weighted by atomic mass is 35.5. The van der Waals surface area contributed by atoms with Crippen molar-refractivity contribution in [2.75, 3.05) is 26.2 Å². The van der Waals surface area contributed by atoms with Gasteiger partial charge < -0.3 is 25.5 Å². The van der Waals surface area contributed by atoms with Gasteiger partial charge in [0.1, 0.15) is 34.6 Å². The van der Waals surface area contributed by atoms with Crippen molar-refractivity contribution in [3.63, 3.8) is 0 Å². The first-order valence-electron chi connectivity index (χ1n) is 16.6. The number of piperidine rings is 1. The van der Waals surface area contributed by atoms with Crippen molar-refractivity contribution in [2.45, 2.75) is 56.2 Å². The Labute approximate surface area is 306 Å². The molecule has 0 aliphatic carbocycles. The third-order valence-corrected chi connectivity index (χ3v) is 11.9. The van der Waals surface area contributed by atoms with E-state index in [1.807, 2.05) is 31.2 Å². The number of benzene rings is 3. The van der Waals surface area contributed by atoms with Crippen molar-refractivity contribution in [1.29, 1.82) is 0 Å². The lowest BCUT2D eigenvalue weighted by Crippen LogP contribution is -2.52. The highest BCUT2D eigenvalue weighted by Gasteiger charge is 2.41. The standard InChI is InChI=1S/C36H38Cl2N6O6S/c1-23-7-10-25-4-2-6-31(35(25)41-23)50-21-28-29(37)13-14-32(34(28)38)51(47,48)44-17-3-5-30(44)36(46)42-26-15-18-43(19-16-26)33(45)22-49-27-11-8-24(9-12-27)20-40-39/h2,4,6-14,20,26,30H,3,5,15-19,21-22,39H2,1H3,(H,42,46)/t30-/m0/s1. The number of aromatic nitrogens is 1. The van der Waals surface area contributed by atoms with Gasteiger partial charge in [-0.2, -0.15) is 9.41 Å². The van der Waals surface area contributed by atoms with Gasteiger partial charge in [-0.25, -0.2) is 13.4 Å². The number of ether oxygens (including phenoxy) is 2. The van der Waals surface area contributed by atoms with Crippen LogP contribution in [-0.4, -0.2) is 79.0 Å². The van der Waals surface area contributed by atoms with Gasteiger partial charge in [-0.05, 0) is 86.7 Å². The summed E-state index contributed by atoms with van der Waals surface area (Å²) in [4.78, 5) is 32.5. The molecule has 0 radical (unpaired) electrons. The fourth-order valence-corrected chi connectivity index (χ4v) is 8.87. The third kappa shape index (κ3) is 8.22. The minimum absolute atomic E-state index is 0.0583. The number of likely N-dealkylation sites (tertiary alicyclic amines) is 1. The van der Waals surface area contributed by atoms with Gasteiger partial charge >= 0.3 is 0 Å². The summed E-state index contributed by atoms with van der Waals surface area (Å²) in [6.45, 7) is 2.72. The number of fused-ring (bicyclic) bond motifs is 1. The van der Waals surface area contributed by atoms with Crippen LogP contribution < -0.4 is 20.6 Å². The fourth-order valence-electron chi connectivity index (χ4n) is 6.35. The molecule has 51 heavy (non-hydrogen) atoms. The molecule has 12 nitrogen and oxygen atoms in total. The van der Waals surface area contributed by atoms with Crippen molar-refractivity contribution in [1.82, 2.24) is 19.5 Å². The number of hydrazone groups is 1. The van der Waals surface area contributed by atoms with E-state index in [1.165, 1.54) is 22.7 Å². The Hall–Kier alpha value is -4.43. The van der Waals surface area contributed by atoms with Crippen LogP contribution in [0, 0.1) is 6.92 Å². The number of rotatable bonds is 11. The molecule has 268 valence electrons. The molecule has 2 aliphatic heterocycles. The smallest absolute Gasteiger partial charge is 0.260 e. The number of carbonyl (C=O) groups excluding carboxylic acids is 2. The lowest BCUT2D eigenvalue weighted by molar-refractivity contribution is -0.134. The maximum atomic E-state index is 14.0. The maximum Gasteiger partial charge on any atom is 0.260 e. The highest BCUT2D eigenvalue weighted by Crippen LogP contribution is 2.36. The summed E-state index contributed by atoms with van der Waals surface area (Å²) in [5.41, 5.74) is 2.62. The predicted molar refractivity (Wildman–Crippen MR) is 196 cm³/mol. The Morgan fingerprint density at radius 1 is 1.00 bits per heavy atom. The first kappa shape index (κ1) is 36.4. The number of halogens is 2. The summed E-state index contributed by atoms with van der Waals surface area (Å²) in [5, 5.41) is 7.59. The van der Waals surface area contributed by atoms with Gasteiger partial charge in [0.05, 0.1) is 11.2 Å². The summed E-state index contributed by atoms with van der Waals surface area (Å²) < 4.78 is 41.0. The molecule has 1 aromatic heterocycles. The van der Waals surface area contributed by atoms with Crippen molar-refractivity contribution < 1.29 is 27.5 Å². The minimum atomic E-state index is -4.19. The Balaban J connectivity index is 1.06. The van der Waals surface area contributed by atoms with Crippen molar-refractivity contribution >= 4 is 62.2 Å². The maximum absolute atomic E-state index is 14.0. The van der Waals surface area contributed by atoms with Crippen LogP contribution in [0.15, 0.2) is 76.7 Å². The average Bonchev–Trinajstić information content (AvgIpc) is 3.63. The number of aryl methyl sites for hydroxylation is 1. The number of nitrogens with two attached hydrogens (primary N) is 1. The molecule has 2 amide bonds. The van der Waals surface area contributed by atoms with Gasteiger partial charge in [0.15, 0.2) is 6.61 Å². The molecule has 4 aromatic rings. The zero-order chi connectivity index (χ0) is 36.1.